The van der Waals surface area contributed by atoms with Crippen LogP contribution in [0.2, 0.25) is 0 Å². The molecule has 116 valence electrons. The van der Waals surface area contributed by atoms with E-state index in [2.05, 4.69) is 6.92 Å². The van der Waals surface area contributed by atoms with Crippen molar-refractivity contribution in [3.8, 4) is 0 Å². The molecule has 0 aliphatic heterocycles. The summed E-state index contributed by atoms with van der Waals surface area (Å²) >= 11 is 0. The molecule has 0 rings (SSSR count). The molecule has 0 amide bonds. The molecule has 4 nitrogen and oxygen atoms in total. The first kappa shape index (κ1) is 18.8. The van der Waals surface area contributed by atoms with Crippen LogP contribution in [0.15, 0.2) is 0 Å². The van der Waals surface area contributed by atoms with Gasteiger partial charge >= 0.3 is 0 Å². The smallest absolute Gasteiger partial charge is 0.0701 e. The molecule has 0 bridgehead atoms. The molecular formula is C15H32O4. The first-order valence-electron chi connectivity index (χ1n) is 7.64. The van der Waals surface area contributed by atoms with Gasteiger partial charge < -0.3 is 18.9 Å². The zero-order valence-electron chi connectivity index (χ0n) is 12.8. The Morgan fingerprint density at radius 2 is 1.00 bits per heavy atom. The maximum Gasteiger partial charge on any atom is 0.0701 e. The molecule has 0 spiro atoms. The minimum absolute atomic E-state index is 0.626. The zero-order valence-corrected chi connectivity index (χ0v) is 12.8. The summed E-state index contributed by atoms with van der Waals surface area (Å²) in [5.74, 6) is 0. The number of unbranched alkanes of at least 4 members (excludes halogenated alkanes) is 5. The van der Waals surface area contributed by atoms with Crippen LogP contribution in [0.4, 0.5) is 0 Å². The molecule has 0 aliphatic carbocycles. The molecule has 0 saturated carbocycles. The van der Waals surface area contributed by atoms with Gasteiger partial charge in [-0.15, -0.1) is 0 Å². The first-order chi connectivity index (χ1) is 9.41. The summed E-state index contributed by atoms with van der Waals surface area (Å²) in [5, 5.41) is 0. The van der Waals surface area contributed by atoms with Crippen molar-refractivity contribution in [2.45, 2.75) is 45.4 Å². The van der Waals surface area contributed by atoms with E-state index in [1.807, 2.05) is 0 Å². The van der Waals surface area contributed by atoms with E-state index in [4.69, 9.17) is 18.9 Å². The van der Waals surface area contributed by atoms with E-state index in [0.29, 0.717) is 39.6 Å². The highest BCUT2D eigenvalue weighted by molar-refractivity contribution is 4.43. The Labute approximate surface area is 118 Å². The molecule has 0 heterocycles. The monoisotopic (exact) mass is 276 g/mol. The maximum atomic E-state index is 5.50. The fourth-order valence-corrected chi connectivity index (χ4v) is 1.67. The van der Waals surface area contributed by atoms with Crippen LogP contribution >= 0.6 is 0 Å². The number of ether oxygens (including phenoxy) is 4. The van der Waals surface area contributed by atoms with Crippen LogP contribution in [-0.4, -0.2) is 53.4 Å². The molecule has 0 atom stereocenters. The quantitative estimate of drug-likeness (QED) is 0.406. The third-order valence-corrected chi connectivity index (χ3v) is 2.82. The van der Waals surface area contributed by atoms with Gasteiger partial charge in [0.25, 0.3) is 0 Å². The molecule has 0 aromatic carbocycles. The second kappa shape index (κ2) is 17.8. The van der Waals surface area contributed by atoms with E-state index in [1.54, 1.807) is 7.11 Å². The van der Waals surface area contributed by atoms with Gasteiger partial charge in [0.1, 0.15) is 0 Å². The maximum absolute atomic E-state index is 5.50. The van der Waals surface area contributed by atoms with Crippen LogP contribution in [-0.2, 0) is 18.9 Å². The molecule has 4 heteroatoms. The van der Waals surface area contributed by atoms with Crippen molar-refractivity contribution in [3.05, 3.63) is 0 Å². The molecule has 0 unspecified atom stereocenters. The minimum atomic E-state index is 0.626. The minimum Gasteiger partial charge on any atom is -0.382 e. The van der Waals surface area contributed by atoms with Crippen molar-refractivity contribution in [1.29, 1.82) is 0 Å². The Kier molecular flexibility index (Phi) is 17.7. The largest absolute Gasteiger partial charge is 0.382 e. The van der Waals surface area contributed by atoms with E-state index in [0.717, 1.165) is 6.61 Å². The summed E-state index contributed by atoms with van der Waals surface area (Å²) in [6.07, 6.45) is 7.83. The van der Waals surface area contributed by atoms with E-state index in [-0.39, 0.29) is 0 Å². The zero-order chi connectivity index (χ0) is 14.0. The van der Waals surface area contributed by atoms with Crippen molar-refractivity contribution in [3.63, 3.8) is 0 Å². The molecule has 0 aromatic rings. The highest BCUT2D eigenvalue weighted by Crippen LogP contribution is 2.04. The Morgan fingerprint density at radius 1 is 0.526 bits per heavy atom. The molecule has 19 heavy (non-hydrogen) atoms. The highest BCUT2D eigenvalue weighted by atomic mass is 16.6. The summed E-state index contributed by atoms with van der Waals surface area (Å²) in [7, 11) is 1.67. The predicted octanol–water partition coefficient (Wildman–Crippen LogP) is 3.04. The fraction of sp³-hybridized carbons (Fsp3) is 1.00. The van der Waals surface area contributed by atoms with Gasteiger partial charge in [-0.2, -0.15) is 0 Å². The van der Waals surface area contributed by atoms with Crippen LogP contribution in [0, 0.1) is 0 Å². The van der Waals surface area contributed by atoms with Crippen molar-refractivity contribution >= 4 is 0 Å². The first-order valence-corrected chi connectivity index (χ1v) is 7.64. The van der Waals surface area contributed by atoms with Gasteiger partial charge in [-0.1, -0.05) is 39.0 Å². The standard InChI is InChI=1S/C15H32O4/c1-3-4-5-6-7-8-9-17-12-13-19-15-14-18-11-10-16-2/h3-15H2,1-2H3. The van der Waals surface area contributed by atoms with Crippen LogP contribution < -0.4 is 0 Å². The summed E-state index contributed by atoms with van der Waals surface area (Å²) in [6.45, 7) is 6.97. The van der Waals surface area contributed by atoms with E-state index < -0.39 is 0 Å². The number of hydrogen-bond acceptors (Lipinski definition) is 4. The van der Waals surface area contributed by atoms with Gasteiger partial charge in [0.15, 0.2) is 0 Å². The van der Waals surface area contributed by atoms with Crippen LogP contribution in [0.3, 0.4) is 0 Å². The Balaban J connectivity index is 2.88. The topological polar surface area (TPSA) is 36.9 Å². The second-order valence-electron chi connectivity index (χ2n) is 4.60. The van der Waals surface area contributed by atoms with E-state index in [9.17, 15) is 0 Å². The van der Waals surface area contributed by atoms with Crippen molar-refractivity contribution in [1.82, 2.24) is 0 Å². The van der Waals surface area contributed by atoms with Crippen molar-refractivity contribution in [2.24, 2.45) is 0 Å². The molecule has 0 aliphatic rings. The van der Waals surface area contributed by atoms with Gasteiger partial charge in [-0.3, -0.25) is 0 Å². The second-order valence-corrected chi connectivity index (χ2v) is 4.60. The number of rotatable bonds is 16. The van der Waals surface area contributed by atoms with E-state index in [1.165, 1.54) is 38.5 Å². The van der Waals surface area contributed by atoms with Gasteiger partial charge in [0, 0.05) is 13.7 Å². The lowest BCUT2D eigenvalue weighted by molar-refractivity contribution is 0.00323. The Bertz CT molecular complexity index is 137. The third-order valence-electron chi connectivity index (χ3n) is 2.82. The SMILES string of the molecule is CCCCCCCCOCCOCCOCCOC. The number of hydrogen-bond donors (Lipinski definition) is 0. The Morgan fingerprint density at radius 3 is 1.58 bits per heavy atom. The van der Waals surface area contributed by atoms with E-state index >= 15 is 0 Å². The average Bonchev–Trinajstić information content (AvgIpc) is 2.43. The summed E-state index contributed by atoms with van der Waals surface area (Å²) in [4.78, 5) is 0. The molecule has 0 fully saturated rings. The normalized spacial score (nSPS) is 11.1. The molecule has 0 N–H and O–H groups in total. The van der Waals surface area contributed by atoms with Gasteiger partial charge in [-0.25, -0.2) is 0 Å². The molecular weight excluding hydrogens is 244 g/mol. The summed E-state index contributed by atoms with van der Waals surface area (Å²) in [5.41, 5.74) is 0. The van der Waals surface area contributed by atoms with Crippen LogP contribution in [0.25, 0.3) is 0 Å². The van der Waals surface area contributed by atoms with Crippen molar-refractivity contribution < 1.29 is 18.9 Å². The predicted molar refractivity (Wildman–Crippen MR) is 77.7 cm³/mol. The average molecular weight is 276 g/mol. The van der Waals surface area contributed by atoms with Crippen LogP contribution in [0.5, 0.6) is 0 Å². The van der Waals surface area contributed by atoms with Gasteiger partial charge in [0.2, 0.25) is 0 Å². The third kappa shape index (κ3) is 17.8. The summed E-state index contributed by atoms with van der Waals surface area (Å²) in [6, 6.07) is 0. The van der Waals surface area contributed by atoms with Crippen molar-refractivity contribution in [2.75, 3.05) is 53.4 Å². The van der Waals surface area contributed by atoms with Gasteiger partial charge in [-0.05, 0) is 6.42 Å². The molecule has 0 saturated heterocycles. The van der Waals surface area contributed by atoms with Crippen LogP contribution in [0.1, 0.15) is 45.4 Å². The van der Waals surface area contributed by atoms with Gasteiger partial charge in [0.05, 0.1) is 39.6 Å². The lowest BCUT2D eigenvalue weighted by Crippen LogP contribution is -2.11. The number of methoxy groups -OCH3 is 1. The summed E-state index contributed by atoms with van der Waals surface area (Å²) < 4.78 is 21.0. The fourth-order valence-electron chi connectivity index (χ4n) is 1.67. The lowest BCUT2D eigenvalue weighted by Gasteiger charge is -2.06. The highest BCUT2D eigenvalue weighted by Gasteiger charge is 1.93. The Hall–Kier alpha value is -0.160. The molecule has 0 radical (unpaired) electrons. The molecule has 0 aromatic heterocycles. The lowest BCUT2D eigenvalue weighted by atomic mass is 10.1.